The summed E-state index contributed by atoms with van der Waals surface area (Å²) in [6, 6.07) is 15.3. The predicted molar refractivity (Wildman–Crippen MR) is 85.0 cm³/mol. The number of methoxy groups -OCH3 is 1. The molecule has 0 saturated heterocycles. The number of nitrogens with one attached hydrogen (secondary N) is 1. The Bertz CT molecular complexity index is 810. The van der Waals surface area contributed by atoms with E-state index in [9.17, 15) is 10.1 Å². The fourth-order valence-corrected chi connectivity index (χ4v) is 2.77. The van der Waals surface area contributed by atoms with Crippen LogP contribution in [-0.4, -0.2) is 23.6 Å². The Labute approximate surface area is 127 Å². The van der Waals surface area contributed by atoms with E-state index in [-0.39, 0.29) is 17.4 Å². The van der Waals surface area contributed by atoms with E-state index in [4.69, 9.17) is 4.74 Å². The summed E-state index contributed by atoms with van der Waals surface area (Å²) < 4.78 is 5.24. The number of benzene rings is 2. The number of hydrogen-bond acceptors (Lipinski definition) is 3. The van der Waals surface area contributed by atoms with Gasteiger partial charge in [0.1, 0.15) is 5.75 Å². The minimum absolute atomic E-state index is 0.158. The van der Waals surface area contributed by atoms with Crippen molar-refractivity contribution in [1.29, 1.82) is 0 Å². The highest BCUT2D eigenvalue weighted by molar-refractivity contribution is 5.84. The Morgan fingerprint density at radius 2 is 2.05 bits per heavy atom. The highest BCUT2D eigenvalue weighted by atomic mass is 16.6. The molecular weight excluding hydrogens is 280 g/mol. The highest BCUT2D eigenvalue weighted by Gasteiger charge is 2.23. The van der Waals surface area contributed by atoms with Crippen molar-refractivity contribution in [3.05, 3.63) is 76.0 Å². The van der Waals surface area contributed by atoms with Crippen molar-refractivity contribution in [3.63, 3.8) is 0 Å². The molecule has 1 atom stereocenters. The molecule has 5 nitrogen and oxygen atoms in total. The molecular formula is C17H16N2O3. The average molecular weight is 296 g/mol. The second-order valence-corrected chi connectivity index (χ2v) is 5.13. The summed E-state index contributed by atoms with van der Waals surface area (Å²) in [5.41, 5.74) is 2.79. The normalized spacial score (nSPS) is 12.2. The number of aromatic amines is 1. The number of aromatic nitrogens is 1. The van der Waals surface area contributed by atoms with Gasteiger partial charge in [-0.3, -0.25) is 10.1 Å². The van der Waals surface area contributed by atoms with E-state index in [0.29, 0.717) is 5.75 Å². The lowest BCUT2D eigenvalue weighted by atomic mass is 9.91. The maximum atomic E-state index is 11.1. The van der Waals surface area contributed by atoms with Crippen LogP contribution in [0.4, 0.5) is 0 Å². The molecule has 112 valence electrons. The van der Waals surface area contributed by atoms with E-state index in [1.165, 1.54) is 0 Å². The third kappa shape index (κ3) is 2.65. The van der Waals surface area contributed by atoms with Gasteiger partial charge < -0.3 is 9.72 Å². The zero-order valence-electron chi connectivity index (χ0n) is 12.2. The predicted octanol–water partition coefficient (Wildman–Crippen LogP) is 3.59. The molecule has 0 aliphatic heterocycles. The fourth-order valence-electron chi connectivity index (χ4n) is 2.77. The molecule has 3 aromatic rings. The topological polar surface area (TPSA) is 68.2 Å². The van der Waals surface area contributed by atoms with Crippen molar-refractivity contribution in [1.82, 2.24) is 4.98 Å². The van der Waals surface area contributed by atoms with Crippen LogP contribution in [0.5, 0.6) is 5.75 Å². The van der Waals surface area contributed by atoms with Gasteiger partial charge in [0.2, 0.25) is 6.54 Å². The molecule has 0 aliphatic rings. The Kier molecular flexibility index (Phi) is 3.78. The number of H-pyrrole nitrogens is 1. The van der Waals surface area contributed by atoms with Crippen LogP contribution in [0.1, 0.15) is 17.0 Å². The molecule has 0 fully saturated rings. The van der Waals surface area contributed by atoms with Gasteiger partial charge in [-0.1, -0.05) is 30.3 Å². The van der Waals surface area contributed by atoms with Gasteiger partial charge in [-0.05, 0) is 29.3 Å². The van der Waals surface area contributed by atoms with E-state index in [0.717, 1.165) is 22.0 Å². The fraction of sp³-hybridized carbons (Fsp3) is 0.176. The molecule has 3 rings (SSSR count). The molecule has 2 aromatic carbocycles. The lowest BCUT2D eigenvalue weighted by Crippen LogP contribution is -2.13. The quantitative estimate of drug-likeness (QED) is 0.578. The van der Waals surface area contributed by atoms with Crippen LogP contribution >= 0.6 is 0 Å². The van der Waals surface area contributed by atoms with E-state index in [1.54, 1.807) is 7.11 Å². The molecule has 0 bridgehead atoms. The van der Waals surface area contributed by atoms with E-state index in [1.807, 2.05) is 54.7 Å². The second kappa shape index (κ2) is 5.89. The number of fused-ring (bicyclic) bond motifs is 1. The van der Waals surface area contributed by atoms with Gasteiger partial charge in [0.05, 0.1) is 13.0 Å². The molecule has 0 amide bonds. The third-order valence-electron chi connectivity index (χ3n) is 3.82. The molecule has 1 N–H and O–H groups in total. The molecule has 0 aliphatic carbocycles. The van der Waals surface area contributed by atoms with Crippen molar-refractivity contribution in [3.8, 4) is 5.75 Å². The zero-order valence-corrected chi connectivity index (χ0v) is 12.2. The number of hydrogen-bond donors (Lipinski definition) is 1. The van der Waals surface area contributed by atoms with E-state index < -0.39 is 0 Å². The van der Waals surface area contributed by atoms with Gasteiger partial charge in [0.25, 0.3) is 0 Å². The van der Waals surface area contributed by atoms with Crippen LogP contribution in [0.25, 0.3) is 10.9 Å². The third-order valence-corrected chi connectivity index (χ3v) is 3.82. The summed E-state index contributed by atoms with van der Waals surface area (Å²) in [5.74, 6) is 0.381. The van der Waals surface area contributed by atoms with Crippen LogP contribution in [0.3, 0.4) is 0 Å². The molecule has 0 saturated carbocycles. The Balaban J connectivity index is 2.11. The number of nitro groups is 1. The highest BCUT2D eigenvalue weighted by Crippen LogP contribution is 2.32. The lowest BCUT2D eigenvalue weighted by Gasteiger charge is -2.14. The van der Waals surface area contributed by atoms with Crippen LogP contribution in [-0.2, 0) is 0 Å². The van der Waals surface area contributed by atoms with Gasteiger partial charge in [0, 0.05) is 22.0 Å². The Morgan fingerprint density at radius 1 is 1.23 bits per heavy atom. The van der Waals surface area contributed by atoms with Gasteiger partial charge in [0.15, 0.2) is 0 Å². The maximum Gasteiger partial charge on any atom is 0.214 e. The number of nitrogens with zero attached hydrogens (tertiary/aromatic N) is 1. The van der Waals surface area contributed by atoms with Crippen molar-refractivity contribution in [2.75, 3.05) is 13.7 Å². The first-order valence-electron chi connectivity index (χ1n) is 7.01. The molecule has 1 heterocycles. The van der Waals surface area contributed by atoms with Gasteiger partial charge in [-0.2, -0.15) is 0 Å². The van der Waals surface area contributed by atoms with Crippen molar-refractivity contribution in [2.45, 2.75) is 5.92 Å². The van der Waals surface area contributed by atoms with Gasteiger partial charge in [-0.15, -0.1) is 0 Å². The second-order valence-electron chi connectivity index (χ2n) is 5.13. The first-order chi connectivity index (χ1) is 10.7. The molecule has 0 radical (unpaired) electrons. The van der Waals surface area contributed by atoms with Crippen molar-refractivity contribution < 1.29 is 9.66 Å². The lowest BCUT2D eigenvalue weighted by molar-refractivity contribution is -0.481. The molecule has 1 aromatic heterocycles. The summed E-state index contributed by atoms with van der Waals surface area (Å²) in [7, 11) is 1.59. The number of rotatable bonds is 5. The monoisotopic (exact) mass is 296 g/mol. The minimum Gasteiger partial charge on any atom is -0.497 e. The van der Waals surface area contributed by atoms with Crippen LogP contribution in [0.2, 0.25) is 0 Å². The van der Waals surface area contributed by atoms with Crippen LogP contribution in [0.15, 0.2) is 54.7 Å². The molecule has 22 heavy (non-hydrogen) atoms. The SMILES string of the molecule is COc1cccc([C@H](C[N+](=O)[O-])c2c[nH]c3ccccc23)c1. The first-order valence-corrected chi connectivity index (χ1v) is 7.01. The summed E-state index contributed by atoms with van der Waals surface area (Å²) >= 11 is 0. The number of para-hydroxylation sites is 1. The molecule has 5 heteroatoms. The number of ether oxygens (including phenoxy) is 1. The Morgan fingerprint density at radius 3 is 2.82 bits per heavy atom. The summed E-state index contributed by atoms with van der Waals surface area (Å²) in [6.07, 6.45) is 1.86. The van der Waals surface area contributed by atoms with Crippen LogP contribution in [0, 0.1) is 10.1 Å². The largest absolute Gasteiger partial charge is 0.497 e. The molecule has 0 spiro atoms. The van der Waals surface area contributed by atoms with E-state index in [2.05, 4.69) is 4.98 Å². The summed E-state index contributed by atoms with van der Waals surface area (Å²) in [4.78, 5) is 14.0. The van der Waals surface area contributed by atoms with Gasteiger partial charge in [-0.25, -0.2) is 0 Å². The molecule has 0 unspecified atom stereocenters. The van der Waals surface area contributed by atoms with Gasteiger partial charge >= 0.3 is 0 Å². The minimum atomic E-state index is -0.318. The summed E-state index contributed by atoms with van der Waals surface area (Å²) in [6.45, 7) is -0.158. The standard InChI is InChI=1S/C17H16N2O3/c1-22-13-6-4-5-12(9-13)16(11-19(20)21)15-10-18-17-8-3-2-7-14(15)17/h2-10,16,18H,11H2,1H3/t16-/m0/s1. The summed E-state index contributed by atoms with van der Waals surface area (Å²) in [5, 5.41) is 12.1. The smallest absolute Gasteiger partial charge is 0.214 e. The first kappa shape index (κ1) is 14.1. The average Bonchev–Trinajstić information content (AvgIpc) is 2.96. The van der Waals surface area contributed by atoms with E-state index >= 15 is 0 Å². The maximum absolute atomic E-state index is 11.1. The van der Waals surface area contributed by atoms with Crippen molar-refractivity contribution >= 4 is 10.9 Å². The van der Waals surface area contributed by atoms with Crippen LogP contribution < -0.4 is 4.74 Å². The Hall–Kier alpha value is -2.82. The van der Waals surface area contributed by atoms with Crippen molar-refractivity contribution in [2.24, 2.45) is 0 Å². The zero-order chi connectivity index (χ0) is 15.5.